The van der Waals surface area contributed by atoms with E-state index in [1.54, 1.807) is 17.4 Å². The SMILES string of the molecule is O=C(Cn1nc(-c2ccccc2)ccc1=O)N(Cc1ccsc1)C1CC1. The summed E-state index contributed by atoms with van der Waals surface area (Å²) >= 11 is 1.63. The van der Waals surface area contributed by atoms with Gasteiger partial charge in [-0.1, -0.05) is 30.3 Å². The predicted molar refractivity (Wildman–Crippen MR) is 102 cm³/mol. The summed E-state index contributed by atoms with van der Waals surface area (Å²) in [6.45, 7) is 0.570. The Hall–Kier alpha value is -2.73. The van der Waals surface area contributed by atoms with Gasteiger partial charge in [0.2, 0.25) is 5.91 Å². The van der Waals surface area contributed by atoms with Crippen molar-refractivity contribution in [2.45, 2.75) is 32.0 Å². The lowest BCUT2D eigenvalue weighted by Crippen LogP contribution is -2.38. The molecule has 0 saturated heterocycles. The molecule has 5 nitrogen and oxygen atoms in total. The maximum atomic E-state index is 12.8. The van der Waals surface area contributed by atoms with Crippen molar-refractivity contribution in [1.29, 1.82) is 0 Å². The third-order valence-electron chi connectivity index (χ3n) is 4.46. The van der Waals surface area contributed by atoms with Crippen LogP contribution in [0.4, 0.5) is 0 Å². The highest BCUT2D eigenvalue weighted by molar-refractivity contribution is 7.07. The minimum absolute atomic E-state index is 0.0276. The first-order valence-electron chi connectivity index (χ1n) is 8.65. The quantitative estimate of drug-likeness (QED) is 0.674. The lowest BCUT2D eigenvalue weighted by atomic mass is 10.1. The van der Waals surface area contributed by atoms with E-state index in [0.717, 1.165) is 24.0 Å². The maximum absolute atomic E-state index is 12.8. The molecule has 26 heavy (non-hydrogen) atoms. The van der Waals surface area contributed by atoms with Gasteiger partial charge in [-0.25, -0.2) is 4.68 Å². The highest BCUT2D eigenvalue weighted by Gasteiger charge is 2.32. The minimum Gasteiger partial charge on any atom is -0.334 e. The van der Waals surface area contributed by atoms with Crippen LogP contribution in [-0.4, -0.2) is 26.6 Å². The second-order valence-corrected chi connectivity index (χ2v) is 7.24. The highest BCUT2D eigenvalue weighted by Crippen LogP contribution is 2.29. The molecule has 1 aliphatic rings. The number of carbonyl (C=O) groups excluding carboxylic acids is 1. The van der Waals surface area contributed by atoms with Gasteiger partial charge in [-0.15, -0.1) is 0 Å². The average molecular weight is 365 g/mol. The lowest BCUT2D eigenvalue weighted by molar-refractivity contribution is -0.133. The van der Waals surface area contributed by atoms with Crippen LogP contribution in [0.2, 0.25) is 0 Å². The Kier molecular flexibility index (Phi) is 4.67. The summed E-state index contributed by atoms with van der Waals surface area (Å²) in [5.41, 5.74) is 2.48. The molecule has 1 aromatic carbocycles. The molecule has 1 fully saturated rings. The fraction of sp³-hybridized carbons (Fsp3) is 0.250. The molecule has 0 unspecified atom stereocenters. The Morgan fingerprint density at radius 1 is 1.15 bits per heavy atom. The van der Waals surface area contributed by atoms with Crippen LogP contribution in [0.25, 0.3) is 11.3 Å². The zero-order chi connectivity index (χ0) is 17.9. The second kappa shape index (κ2) is 7.25. The van der Waals surface area contributed by atoms with Crippen molar-refractivity contribution in [2.75, 3.05) is 0 Å². The molecule has 0 radical (unpaired) electrons. The lowest BCUT2D eigenvalue weighted by Gasteiger charge is -2.22. The summed E-state index contributed by atoms with van der Waals surface area (Å²) < 4.78 is 1.27. The van der Waals surface area contributed by atoms with Crippen molar-refractivity contribution in [3.8, 4) is 11.3 Å². The van der Waals surface area contributed by atoms with E-state index in [0.29, 0.717) is 12.2 Å². The number of aromatic nitrogens is 2. The van der Waals surface area contributed by atoms with Gasteiger partial charge in [0.05, 0.1) is 5.69 Å². The number of benzene rings is 1. The van der Waals surface area contributed by atoms with E-state index in [1.807, 2.05) is 46.7 Å². The van der Waals surface area contributed by atoms with E-state index in [4.69, 9.17) is 0 Å². The van der Waals surface area contributed by atoms with Gasteiger partial charge >= 0.3 is 0 Å². The van der Waals surface area contributed by atoms with Crippen LogP contribution in [0.15, 0.2) is 64.1 Å². The van der Waals surface area contributed by atoms with Crippen LogP contribution in [0.1, 0.15) is 18.4 Å². The van der Waals surface area contributed by atoms with Crippen LogP contribution >= 0.6 is 11.3 Å². The molecule has 1 saturated carbocycles. The van der Waals surface area contributed by atoms with Gasteiger partial charge in [0.25, 0.3) is 5.56 Å². The standard InChI is InChI=1S/C20H19N3O2S/c24-19-9-8-18(16-4-2-1-3-5-16)21-23(19)13-20(25)22(17-6-7-17)12-15-10-11-26-14-15/h1-5,8-11,14,17H,6-7,12-13H2. The summed E-state index contributed by atoms with van der Waals surface area (Å²) in [6.07, 6.45) is 2.06. The van der Waals surface area contributed by atoms with Crippen molar-refractivity contribution >= 4 is 17.2 Å². The summed E-state index contributed by atoms with van der Waals surface area (Å²) in [4.78, 5) is 26.9. The first-order valence-corrected chi connectivity index (χ1v) is 9.59. The number of hydrogen-bond acceptors (Lipinski definition) is 4. The molecule has 0 atom stereocenters. The summed E-state index contributed by atoms with van der Waals surface area (Å²) in [6, 6.07) is 15.1. The third-order valence-corrected chi connectivity index (χ3v) is 5.19. The third kappa shape index (κ3) is 3.75. The molecule has 1 aliphatic carbocycles. The number of nitrogens with zero attached hydrogens (tertiary/aromatic N) is 3. The number of carbonyl (C=O) groups is 1. The van der Waals surface area contributed by atoms with Crippen molar-refractivity contribution in [3.05, 3.63) is 75.2 Å². The summed E-state index contributed by atoms with van der Waals surface area (Å²) in [7, 11) is 0. The Bertz CT molecular complexity index is 947. The molecular weight excluding hydrogens is 346 g/mol. The monoisotopic (exact) mass is 365 g/mol. The van der Waals surface area contributed by atoms with Crippen LogP contribution in [0.5, 0.6) is 0 Å². The molecule has 3 aromatic rings. The highest BCUT2D eigenvalue weighted by atomic mass is 32.1. The van der Waals surface area contributed by atoms with Crippen LogP contribution < -0.4 is 5.56 Å². The Labute approximate surface area is 155 Å². The molecule has 0 spiro atoms. The number of hydrogen-bond donors (Lipinski definition) is 0. The van der Waals surface area contributed by atoms with E-state index in [1.165, 1.54) is 10.7 Å². The number of thiophene rings is 1. The predicted octanol–water partition coefficient (Wildman–Crippen LogP) is 3.16. The van der Waals surface area contributed by atoms with Gasteiger partial charge in [-0.05, 0) is 41.3 Å². The smallest absolute Gasteiger partial charge is 0.267 e. The van der Waals surface area contributed by atoms with Gasteiger partial charge in [0.15, 0.2) is 0 Å². The largest absolute Gasteiger partial charge is 0.334 e. The van der Waals surface area contributed by atoms with Crippen LogP contribution in [0, 0.1) is 0 Å². The maximum Gasteiger partial charge on any atom is 0.267 e. The molecule has 0 bridgehead atoms. The van der Waals surface area contributed by atoms with E-state index in [-0.39, 0.29) is 24.1 Å². The van der Waals surface area contributed by atoms with E-state index in [9.17, 15) is 9.59 Å². The summed E-state index contributed by atoms with van der Waals surface area (Å²) in [5, 5.41) is 8.47. The van der Waals surface area contributed by atoms with Gasteiger partial charge in [-0.2, -0.15) is 16.4 Å². The van der Waals surface area contributed by atoms with Crippen LogP contribution in [0.3, 0.4) is 0 Å². The van der Waals surface area contributed by atoms with Crippen LogP contribution in [-0.2, 0) is 17.9 Å². The van der Waals surface area contributed by atoms with Crippen molar-refractivity contribution in [3.63, 3.8) is 0 Å². The fourth-order valence-corrected chi connectivity index (χ4v) is 3.59. The molecular formula is C20H19N3O2S. The molecule has 1 amide bonds. The van der Waals surface area contributed by atoms with Crippen molar-refractivity contribution in [1.82, 2.24) is 14.7 Å². The van der Waals surface area contributed by atoms with Gasteiger partial charge in [-0.3, -0.25) is 9.59 Å². The zero-order valence-electron chi connectivity index (χ0n) is 14.2. The first kappa shape index (κ1) is 16.7. The zero-order valence-corrected chi connectivity index (χ0v) is 15.1. The molecule has 6 heteroatoms. The van der Waals surface area contributed by atoms with Gasteiger partial charge in [0.1, 0.15) is 6.54 Å². The molecule has 0 aliphatic heterocycles. The number of amides is 1. The average Bonchev–Trinajstić information content (AvgIpc) is 3.37. The van der Waals surface area contributed by atoms with Gasteiger partial charge < -0.3 is 4.90 Å². The first-order chi connectivity index (χ1) is 12.7. The normalized spacial score (nSPS) is 13.5. The molecule has 2 aromatic heterocycles. The molecule has 4 rings (SSSR count). The molecule has 2 heterocycles. The summed E-state index contributed by atoms with van der Waals surface area (Å²) in [5.74, 6) is -0.0569. The van der Waals surface area contributed by atoms with E-state index in [2.05, 4.69) is 10.5 Å². The number of rotatable bonds is 6. The van der Waals surface area contributed by atoms with Crippen molar-refractivity contribution < 1.29 is 4.79 Å². The van der Waals surface area contributed by atoms with Gasteiger partial charge in [0, 0.05) is 24.2 Å². The minimum atomic E-state index is -0.260. The van der Waals surface area contributed by atoms with E-state index < -0.39 is 0 Å². The van der Waals surface area contributed by atoms with Crippen molar-refractivity contribution in [2.24, 2.45) is 0 Å². The Morgan fingerprint density at radius 2 is 1.96 bits per heavy atom. The van der Waals surface area contributed by atoms with E-state index >= 15 is 0 Å². The fourth-order valence-electron chi connectivity index (χ4n) is 2.93. The molecule has 0 N–H and O–H groups in total. The molecule has 132 valence electrons. The second-order valence-electron chi connectivity index (χ2n) is 6.46. The topological polar surface area (TPSA) is 55.2 Å². The Balaban J connectivity index is 1.55. The Morgan fingerprint density at radius 3 is 2.65 bits per heavy atom.